The van der Waals surface area contributed by atoms with Gasteiger partial charge in [-0.1, -0.05) is 0 Å². The first kappa shape index (κ1) is 19.7. The fraction of sp³-hybridized carbons (Fsp3) is 0.182. The summed E-state index contributed by atoms with van der Waals surface area (Å²) in [5, 5.41) is 3.92. The van der Waals surface area contributed by atoms with Crippen molar-refractivity contribution in [1.29, 1.82) is 0 Å². The van der Waals surface area contributed by atoms with Crippen LogP contribution in [-0.4, -0.2) is 52.1 Å². The monoisotopic (exact) mass is 404 g/mol. The predicted octanol–water partition coefficient (Wildman–Crippen LogP) is 3.91. The lowest BCUT2D eigenvalue weighted by atomic mass is 10.2. The summed E-state index contributed by atoms with van der Waals surface area (Å²) in [6.45, 7) is 1.36. The number of hydrogen-bond acceptors (Lipinski definition) is 7. The number of hydrogen-bond donors (Lipinski definition) is 1. The SMILES string of the molecule is CN(C)CCOc1ccc2nc(-c3cccnc3)nc(Nc3cncc(F)c3)c2c1. The van der Waals surface area contributed by atoms with Crippen LogP contribution in [0.1, 0.15) is 0 Å². The minimum atomic E-state index is -0.432. The second-order valence-electron chi connectivity index (χ2n) is 6.99. The molecular formula is C22H21FN6O. The van der Waals surface area contributed by atoms with Crippen LogP contribution in [0.2, 0.25) is 0 Å². The number of benzene rings is 1. The van der Waals surface area contributed by atoms with E-state index in [9.17, 15) is 4.39 Å². The van der Waals surface area contributed by atoms with Gasteiger partial charge >= 0.3 is 0 Å². The van der Waals surface area contributed by atoms with Gasteiger partial charge in [-0.05, 0) is 44.4 Å². The Labute approximate surface area is 173 Å². The molecule has 0 radical (unpaired) electrons. The van der Waals surface area contributed by atoms with Gasteiger partial charge in [0, 0.05) is 36.0 Å². The van der Waals surface area contributed by atoms with Gasteiger partial charge in [-0.2, -0.15) is 0 Å². The van der Waals surface area contributed by atoms with E-state index >= 15 is 0 Å². The summed E-state index contributed by atoms with van der Waals surface area (Å²) >= 11 is 0. The van der Waals surface area contributed by atoms with Crippen LogP contribution in [-0.2, 0) is 0 Å². The first-order chi connectivity index (χ1) is 14.6. The van der Waals surface area contributed by atoms with Crippen molar-refractivity contribution in [2.45, 2.75) is 0 Å². The molecule has 3 heterocycles. The van der Waals surface area contributed by atoms with Gasteiger partial charge in [0.1, 0.15) is 24.0 Å². The summed E-state index contributed by atoms with van der Waals surface area (Å²) in [6, 6.07) is 10.7. The highest BCUT2D eigenvalue weighted by Gasteiger charge is 2.12. The Morgan fingerprint density at radius 3 is 2.70 bits per heavy atom. The van der Waals surface area contributed by atoms with Crippen molar-refractivity contribution in [1.82, 2.24) is 24.8 Å². The molecule has 0 fully saturated rings. The van der Waals surface area contributed by atoms with E-state index in [-0.39, 0.29) is 0 Å². The van der Waals surface area contributed by atoms with Crippen LogP contribution in [0.4, 0.5) is 15.9 Å². The molecule has 1 aromatic carbocycles. The fourth-order valence-corrected chi connectivity index (χ4v) is 2.88. The number of ether oxygens (including phenoxy) is 1. The minimum Gasteiger partial charge on any atom is -0.492 e. The van der Waals surface area contributed by atoms with Crippen LogP contribution in [0.15, 0.2) is 61.2 Å². The largest absolute Gasteiger partial charge is 0.492 e. The molecule has 8 heteroatoms. The van der Waals surface area contributed by atoms with E-state index in [1.807, 2.05) is 49.3 Å². The van der Waals surface area contributed by atoms with Crippen LogP contribution in [0.5, 0.6) is 5.75 Å². The van der Waals surface area contributed by atoms with E-state index in [1.54, 1.807) is 12.4 Å². The van der Waals surface area contributed by atoms with Crippen molar-refractivity contribution in [3.05, 3.63) is 67.0 Å². The molecule has 4 rings (SSSR count). The summed E-state index contributed by atoms with van der Waals surface area (Å²) < 4.78 is 19.5. The summed E-state index contributed by atoms with van der Waals surface area (Å²) in [6.07, 6.45) is 6.09. The second-order valence-corrected chi connectivity index (χ2v) is 6.99. The molecule has 0 aliphatic heterocycles. The zero-order valence-electron chi connectivity index (χ0n) is 16.7. The smallest absolute Gasteiger partial charge is 0.163 e. The van der Waals surface area contributed by atoms with Crippen molar-refractivity contribution >= 4 is 22.4 Å². The van der Waals surface area contributed by atoms with Crippen molar-refractivity contribution < 1.29 is 9.13 Å². The molecular weight excluding hydrogens is 383 g/mol. The lowest BCUT2D eigenvalue weighted by Gasteiger charge is -2.14. The van der Waals surface area contributed by atoms with Gasteiger partial charge in [-0.15, -0.1) is 0 Å². The standard InChI is InChI=1S/C22H21FN6O/c1-29(2)8-9-30-18-5-6-20-19(11-18)22(26-17-10-16(23)13-25-14-17)28-21(27-20)15-4-3-7-24-12-15/h3-7,10-14H,8-9H2,1-2H3,(H,26,27,28). The molecule has 0 unspecified atom stereocenters. The lowest BCUT2D eigenvalue weighted by Crippen LogP contribution is -2.19. The number of anilines is 2. The molecule has 0 amide bonds. The van der Waals surface area contributed by atoms with Crippen LogP contribution in [0, 0.1) is 5.82 Å². The maximum atomic E-state index is 13.6. The molecule has 152 valence electrons. The van der Waals surface area contributed by atoms with Crippen molar-refractivity contribution in [3.63, 3.8) is 0 Å². The van der Waals surface area contributed by atoms with Crippen LogP contribution in [0.25, 0.3) is 22.3 Å². The molecule has 0 saturated heterocycles. The second kappa shape index (κ2) is 8.79. The van der Waals surface area contributed by atoms with Gasteiger partial charge in [-0.3, -0.25) is 9.97 Å². The number of nitrogens with one attached hydrogen (secondary N) is 1. The first-order valence-corrected chi connectivity index (χ1v) is 9.46. The number of aromatic nitrogens is 4. The van der Waals surface area contributed by atoms with Gasteiger partial charge in [0.25, 0.3) is 0 Å². The van der Waals surface area contributed by atoms with Crippen molar-refractivity contribution in [2.75, 3.05) is 32.6 Å². The summed E-state index contributed by atoms with van der Waals surface area (Å²) in [5.41, 5.74) is 2.01. The Morgan fingerprint density at radius 2 is 1.93 bits per heavy atom. The number of nitrogens with zero attached hydrogens (tertiary/aromatic N) is 5. The van der Waals surface area contributed by atoms with Gasteiger partial charge in [0.15, 0.2) is 5.82 Å². The molecule has 4 aromatic rings. The maximum Gasteiger partial charge on any atom is 0.163 e. The highest BCUT2D eigenvalue weighted by atomic mass is 19.1. The van der Waals surface area contributed by atoms with E-state index in [0.29, 0.717) is 29.7 Å². The number of likely N-dealkylation sites (N-methyl/N-ethyl adjacent to an activating group) is 1. The Balaban J connectivity index is 1.76. The third kappa shape index (κ3) is 4.66. The van der Waals surface area contributed by atoms with E-state index in [1.165, 1.54) is 12.3 Å². The average Bonchev–Trinajstić information content (AvgIpc) is 2.74. The molecule has 0 bridgehead atoms. The summed E-state index contributed by atoms with van der Waals surface area (Å²) in [7, 11) is 3.99. The highest BCUT2D eigenvalue weighted by Crippen LogP contribution is 2.30. The normalized spacial score (nSPS) is 11.1. The van der Waals surface area contributed by atoms with Gasteiger partial charge in [0.2, 0.25) is 0 Å². The quantitative estimate of drug-likeness (QED) is 0.500. The molecule has 0 saturated carbocycles. The molecule has 1 N–H and O–H groups in total. The third-order valence-corrected chi connectivity index (χ3v) is 4.36. The zero-order chi connectivity index (χ0) is 20.9. The Bertz CT molecular complexity index is 1150. The maximum absolute atomic E-state index is 13.6. The fourth-order valence-electron chi connectivity index (χ4n) is 2.88. The van der Waals surface area contributed by atoms with E-state index in [2.05, 4.69) is 25.3 Å². The third-order valence-electron chi connectivity index (χ3n) is 4.36. The van der Waals surface area contributed by atoms with Gasteiger partial charge < -0.3 is 15.0 Å². The molecule has 0 spiro atoms. The van der Waals surface area contributed by atoms with Crippen LogP contribution >= 0.6 is 0 Å². The summed E-state index contributed by atoms with van der Waals surface area (Å²) in [5.74, 6) is 1.33. The molecule has 7 nitrogen and oxygen atoms in total. The van der Waals surface area contributed by atoms with Gasteiger partial charge in [-0.25, -0.2) is 14.4 Å². The van der Waals surface area contributed by atoms with E-state index in [0.717, 1.165) is 29.2 Å². The van der Waals surface area contributed by atoms with E-state index < -0.39 is 5.82 Å². The number of rotatable bonds is 7. The lowest BCUT2D eigenvalue weighted by molar-refractivity contribution is 0.261. The first-order valence-electron chi connectivity index (χ1n) is 9.46. The van der Waals surface area contributed by atoms with Crippen molar-refractivity contribution in [3.8, 4) is 17.1 Å². The zero-order valence-corrected chi connectivity index (χ0v) is 16.7. The predicted molar refractivity (Wildman–Crippen MR) is 114 cm³/mol. The van der Waals surface area contributed by atoms with Gasteiger partial charge in [0.05, 0.1) is 23.6 Å². The minimum absolute atomic E-state index is 0.432. The Morgan fingerprint density at radius 1 is 1.03 bits per heavy atom. The Hall–Kier alpha value is -3.65. The Kier molecular flexibility index (Phi) is 5.76. The topological polar surface area (TPSA) is 76.1 Å². The number of pyridine rings is 2. The molecule has 3 aromatic heterocycles. The average molecular weight is 404 g/mol. The van der Waals surface area contributed by atoms with Crippen LogP contribution in [0.3, 0.4) is 0 Å². The number of halogens is 1. The van der Waals surface area contributed by atoms with Crippen LogP contribution < -0.4 is 10.1 Å². The summed E-state index contributed by atoms with van der Waals surface area (Å²) in [4.78, 5) is 19.4. The highest BCUT2D eigenvalue weighted by molar-refractivity contribution is 5.93. The van der Waals surface area contributed by atoms with E-state index in [4.69, 9.17) is 4.74 Å². The molecule has 0 aliphatic rings. The molecule has 30 heavy (non-hydrogen) atoms. The van der Waals surface area contributed by atoms with Crippen molar-refractivity contribution in [2.24, 2.45) is 0 Å². The molecule has 0 aliphatic carbocycles. The molecule has 0 atom stereocenters. The number of fused-ring (bicyclic) bond motifs is 1.